The van der Waals surface area contributed by atoms with Crippen molar-refractivity contribution in [2.45, 2.75) is 13.3 Å². The first kappa shape index (κ1) is 4.74. The molecular formula is C5H7. The third kappa shape index (κ3) is 3.74. The molecule has 0 amide bonds. The van der Waals surface area contributed by atoms with Crippen LogP contribution in [0.3, 0.4) is 0 Å². The summed E-state index contributed by atoms with van der Waals surface area (Å²) in [7, 11) is 0. The zero-order chi connectivity index (χ0) is 4.12. The summed E-state index contributed by atoms with van der Waals surface area (Å²) in [5, 5.41) is 0. The number of hydrogen-bond donors (Lipinski definition) is 0. The van der Waals surface area contributed by atoms with Gasteiger partial charge in [-0.1, -0.05) is 0 Å². The van der Waals surface area contributed by atoms with Crippen molar-refractivity contribution in [3.05, 3.63) is 19.1 Å². The van der Waals surface area contributed by atoms with Crippen molar-refractivity contribution < 1.29 is 0 Å². The van der Waals surface area contributed by atoms with E-state index in [-0.39, 0.29) is 0 Å². The second-order valence-corrected chi connectivity index (χ2v) is 0.677. The molecule has 3 radical (unpaired) electrons. The molecular weight excluding hydrogens is 60.1 g/mol. The van der Waals surface area contributed by atoms with Crippen LogP contribution in [-0.2, 0) is 0 Å². The van der Waals surface area contributed by atoms with Crippen LogP contribution < -0.4 is 0 Å². The van der Waals surface area contributed by atoms with Crippen LogP contribution >= 0.6 is 0 Å². The lowest BCUT2D eigenvalue weighted by molar-refractivity contribution is 1.31. The van der Waals surface area contributed by atoms with Gasteiger partial charge in [-0.15, -0.1) is 0 Å². The first-order valence-corrected chi connectivity index (χ1v) is 1.60. The molecule has 0 atom stereocenters. The van der Waals surface area contributed by atoms with E-state index < -0.39 is 0 Å². The Morgan fingerprint density at radius 2 is 2.40 bits per heavy atom. The molecule has 0 fully saturated rings. The topological polar surface area (TPSA) is 0 Å². The van der Waals surface area contributed by atoms with Crippen LogP contribution in [0.25, 0.3) is 0 Å². The second kappa shape index (κ2) is 3.74. The van der Waals surface area contributed by atoms with E-state index in [9.17, 15) is 0 Å². The van der Waals surface area contributed by atoms with Crippen molar-refractivity contribution in [2.24, 2.45) is 0 Å². The molecule has 0 aliphatic rings. The minimum atomic E-state index is 0.733. The number of allylic oxidation sites excluding steroid dienone is 2. The fourth-order valence-electron chi connectivity index (χ4n) is 0.125. The van der Waals surface area contributed by atoms with Crippen LogP contribution in [-0.4, -0.2) is 0 Å². The molecule has 0 saturated heterocycles. The zero-order valence-corrected chi connectivity index (χ0v) is 3.41. The summed E-state index contributed by atoms with van der Waals surface area (Å²) in [5.41, 5.74) is 0. The molecule has 0 N–H and O–H groups in total. The summed E-state index contributed by atoms with van der Waals surface area (Å²) in [6.45, 7) is 5.31. The van der Waals surface area contributed by atoms with Crippen molar-refractivity contribution in [3.8, 4) is 0 Å². The van der Waals surface area contributed by atoms with Gasteiger partial charge in [0.15, 0.2) is 0 Å². The van der Waals surface area contributed by atoms with Gasteiger partial charge in [0.25, 0.3) is 0 Å². The Labute approximate surface area is 33.5 Å². The van der Waals surface area contributed by atoms with Crippen LogP contribution in [0.4, 0.5) is 0 Å². The SMILES string of the molecule is [CH2]C/[C]=[C]/C. The third-order valence-corrected chi connectivity index (χ3v) is 0.302. The van der Waals surface area contributed by atoms with E-state index in [1.54, 1.807) is 0 Å². The minimum Gasteiger partial charge on any atom is -0.0489 e. The molecule has 0 aromatic heterocycles. The molecule has 0 heterocycles. The normalized spacial score (nSPS) is 10.0. The van der Waals surface area contributed by atoms with E-state index in [4.69, 9.17) is 0 Å². The molecule has 0 rings (SSSR count). The van der Waals surface area contributed by atoms with Gasteiger partial charge in [0.1, 0.15) is 0 Å². The quantitative estimate of drug-likeness (QED) is 0.434. The van der Waals surface area contributed by atoms with Gasteiger partial charge in [0.05, 0.1) is 0 Å². The Morgan fingerprint density at radius 1 is 1.80 bits per heavy atom. The molecule has 0 aromatic carbocycles. The van der Waals surface area contributed by atoms with Crippen LogP contribution in [0.15, 0.2) is 0 Å². The molecule has 0 aliphatic carbocycles. The first-order chi connectivity index (χ1) is 2.41. The van der Waals surface area contributed by atoms with Crippen molar-refractivity contribution >= 4 is 0 Å². The highest BCUT2D eigenvalue weighted by Crippen LogP contribution is 1.69. The number of hydrogen-bond acceptors (Lipinski definition) is 0. The van der Waals surface area contributed by atoms with Crippen molar-refractivity contribution in [3.63, 3.8) is 0 Å². The highest BCUT2D eigenvalue weighted by Gasteiger charge is 1.55. The zero-order valence-electron chi connectivity index (χ0n) is 3.41. The molecule has 0 nitrogen and oxygen atoms in total. The maximum absolute atomic E-state index is 3.50. The standard InChI is InChI=1S/C5H7/c1-3-5-4-2/h1,3H2,2H3. The van der Waals surface area contributed by atoms with Gasteiger partial charge in [0, 0.05) is 0 Å². The van der Waals surface area contributed by atoms with Crippen LogP contribution in [0.5, 0.6) is 0 Å². The van der Waals surface area contributed by atoms with E-state index >= 15 is 0 Å². The summed E-state index contributed by atoms with van der Waals surface area (Å²) < 4.78 is 0. The largest absolute Gasteiger partial charge is 0.0489 e. The van der Waals surface area contributed by atoms with Gasteiger partial charge < -0.3 is 0 Å². The predicted molar refractivity (Wildman–Crippen MR) is 22.1 cm³/mol. The highest BCUT2D eigenvalue weighted by molar-refractivity contribution is 4.58. The summed E-state index contributed by atoms with van der Waals surface area (Å²) in [6, 6.07) is 0. The maximum Gasteiger partial charge on any atom is -0.0273 e. The Morgan fingerprint density at radius 3 is 2.40 bits per heavy atom. The Kier molecular flexibility index (Phi) is 3.55. The van der Waals surface area contributed by atoms with E-state index in [0.717, 1.165) is 6.42 Å². The Bertz CT molecular complexity index is 27.0. The lowest BCUT2D eigenvalue weighted by Gasteiger charge is -1.62. The predicted octanol–water partition coefficient (Wildman–Crippen LogP) is 1.39. The molecule has 0 spiro atoms. The first-order valence-electron chi connectivity index (χ1n) is 1.60. The fraction of sp³-hybridized carbons (Fsp3) is 0.400. The van der Waals surface area contributed by atoms with Crippen molar-refractivity contribution in [1.82, 2.24) is 0 Å². The molecule has 0 unspecified atom stereocenters. The molecule has 27 valence electrons. The molecule has 0 heteroatoms. The average molecular weight is 67.1 g/mol. The minimum absolute atomic E-state index is 0.733. The van der Waals surface area contributed by atoms with Gasteiger partial charge >= 0.3 is 0 Å². The molecule has 5 heavy (non-hydrogen) atoms. The lowest BCUT2D eigenvalue weighted by atomic mass is 10.4. The van der Waals surface area contributed by atoms with Gasteiger partial charge in [-0.3, -0.25) is 0 Å². The van der Waals surface area contributed by atoms with Crippen molar-refractivity contribution in [1.29, 1.82) is 0 Å². The van der Waals surface area contributed by atoms with Crippen LogP contribution in [0, 0.1) is 19.1 Å². The monoisotopic (exact) mass is 67.1 g/mol. The smallest absolute Gasteiger partial charge is 0.0273 e. The van der Waals surface area contributed by atoms with Crippen LogP contribution in [0.1, 0.15) is 13.3 Å². The molecule has 0 aliphatic heterocycles. The molecule has 0 saturated carbocycles. The van der Waals surface area contributed by atoms with Crippen LogP contribution in [0.2, 0.25) is 0 Å². The lowest BCUT2D eigenvalue weighted by Crippen LogP contribution is -1.47. The van der Waals surface area contributed by atoms with Crippen molar-refractivity contribution in [2.75, 3.05) is 0 Å². The summed E-state index contributed by atoms with van der Waals surface area (Å²) in [6.07, 6.45) is 6.19. The van der Waals surface area contributed by atoms with E-state index in [0.29, 0.717) is 0 Å². The maximum atomic E-state index is 3.50. The molecule has 0 bridgehead atoms. The fourth-order valence-corrected chi connectivity index (χ4v) is 0.125. The van der Waals surface area contributed by atoms with Gasteiger partial charge in [-0.05, 0) is 32.4 Å². The van der Waals surface area contributed by atoms with E-state index in [1.807, 2.05) is 6.92 Å². The van der Waals surface area contributed by atoms with Gasteiger partial charge in [0.2, 0.25) is 0 Å². The highest BCUT2D eigenvalue weighted by atomic mass is 13.6. The summed E-state index contributed by atoms with van der Waals surface area (Å²) >= 11 is 0. The third-order valence-electron chi connectivity index (χ3n) is 0.302. The summed E-state index contributed by atoms with van der Waals surface area (Å²) in [5.74, 6) is 0. The Hall–Kier alpha value is -0.260. The number of rotatable bonds is 1. The average Bonchev–Trinajstić information content (AvgIpc) is 1.41. The van der Waals surface area contributed by atoms with Gasteiger partial charge in [-0.2, -0.15) is 0 Å². The van der Waals surface area contributed by atoms with E-state index in [2.05, 4.69) is 19.1 Å². The van der Waals surface area contributed by atoms with E-state index in [1.165, 1.54) is 0 Å². The second-order valence-electron chi connectivity index (χ2n) is 0.677. The molecule has 0 aromatic rings. The summed E-state index contributed by atoms with van der Waals surface area (Å²) in [4.78, 5) is 0. The Balaban J connectivity index is 2.62. The van der Waals surface area contributed by atoms with Gasteiger partial charge in [-0.25, -0.2) is 0 Å².